The van der Waals surface area contributed by atoms with Crippen molar-refractivity contribution in [1.82, 2.24) is 29.9 Å². The third-order valence-electron chi connectivity index (χ3n) is 11.1. The maximum absolute atomic E-state index is 11.8. The molecule has 0 aliphatic carbocycles. The minimum Gasteiger partial charge on any atom is -0.478 e. The molecule has 14 heteroatoms. The molecule has 0 fully saturated rings. The number of pyridine rings is 6. The number of carboxylic acid groups (broad SMARTS) is 1. The zero-order valence-electron chi connectivity index (χ0n) is 36.0. The molecule has 0 atom stereocenters. The zero-order chi connectivity index (χ0) is 47.0. The van der Waals surface area contributed by atoms with Gasteiger partial charge >= 0.3 is 5.97 Å². The molecule has 0 unspecified atom stereocenters. The van der Waals surface area contributed by atoms with Crippen LogP contribution in [0.25, 0.3) is 66.1 Å². The summed E-state index contributed by atoms with van der Waals surface area (Å²) in [5.41, 5.74) is 14.3. The van der Waals surface area contributed by atoms with E-state index >= 15 is 0 Å². The number of benzene rings is 4. The molecule has 0 saturated heterocycles. The first-order valence-electron chi connectivity index (χ1n) is 21.3. The number of hydrogen-bond acceptors (Lipinski definition) is 10. The minimum atomic E-state index is -1.05. The molecule has 0 spiro atoms. The number of halogens is 2. The van der Waals surface area contributed by atoms with E-state index in [0.717, 1.165) is 55.2 Å². The second-order valence-electron chi connectivity index (χ2n) is 15.4. The summed E-state index contributed by atoms with van der Waals surface area (Å²) >= 11 is 13.5. The van der Waals surface area contributed by atoms with Crippen molar-refractivity contribution in [3.05, 3.63) is 216 Å². The summed E-state index contributed by atoms with van der Waals surface area (Å²) in [5, 5.41) is 20.3. The molecule has 1 amide bonds. The van der Waals surface area contributed by atoms with E-state index in [1.165, 1.54) is 12.4 Å². The van der Waals surface area contributed by atoms with E-state index in [4.69, 9.17) is 38.9 Å². The second kappa shape index (κ2) is 20.3. The molecular weight excluding hydrogens is 894 g/mol. The van der Waals surface area contributed by atoms with Gasteiger partial charge in [-0.2, -0.15) is 0 Å². The largest absolute Gasteiger partial charge is 0.478 e. The molecule has 10 aromatic rings. The number of aromatic carboxylic acids is 1. The fraction of sp³-hybridized carbons (Fsp3) is 0.0370. The van der Waals surface area contributed by atoms with E-state index in [2.05, 4.69) is 48.8 Å². The van der Waals surface area contributed by atoms with Crippen molar-refractivity contribution in [2.45, 2.75) is 13.1 Å². The van der Waals surface area contributed by atoms with Gasteiger partial charge < -0.3 is 21.5 Å². The summed E-state index contributed by atoms with van der Waals surface area (Å²) in [7, 11) is 0. The van der Waals surface area contributed by atoms with Crippen molar-refractivity contribution in [1.29, 1.82) is 0 Å². The minimum absolute atomic E-state index is 0.0817. The third kappa shape index (κ3) is 9.68. The SMILES string of the molecule is NC(=O)c1cncc(-c2c(Cl)nc(NCc3ccccn3)c3c(-c4ccccc4)cccc23)c1.O=C(O)c1cncc(-c2c(Cl)nc(NCc3ccccn3)c3c(-c4ccccc4)cccc23)c1. The van der Waals surface area contributed by atoms with Crippen LogP contribution in [-0.4, -0.2) is 46.9 Å². The monoisotopic (exact) mass is 931 g/mol. The fourth-order valence-corrected chi connectivity index (χ4v) is 8.55. The van der Waals surface area contributed by atoms with Crippen LogP contribution in [-0.2, 0) is 13.1 Å². The van der Waals surface area contributed by atoms with Crippen molar-refractivity contribution >= 4 is 68.3 Å². The molecule has 0 aliphatic rings. The number of nitrogens with one attached hydrogen (secondary N) is 2. The summed E-state index contributed by atoms with van der Waals surface area (Å²) < 4.78 is 0. The number of amides is 1. The maximum Gasteiger partial charge on any atom is 0.337 e. The Morgan fingerprint density at radius 1 is 0.515 bits per heavy atom. The number of hydrogen-bond donors (Lipinski definition) is 4. The van der Waals surface area contributed by atoms with Crippen LogP contribution in [0.5, 0.6) is 0 Å². The van der Waals surface area contributed by atoms with Gasteiger partial charge in [0, 0.05) is 70.2 Å². The Kier molecular flexibility index (Phi) is 13.3. The Morgan fingerprint density at radius 3 is 1.38 bits per heavy atom. The standard InChI is InChI=1S/C27H20ClN5O.C27H19ClN4O2/c28-25-23(18-13-19(26(29)34)15-30-14-18)22-11-6-10-21(17-7-2-1-3-8-17)24(22)27(33-25)32-16-20-9-4-5-12-31-20;28-25-23(18-13-19(27(33)34)15-29-14-18)22-11-6-10-21(17-7-2-1-3-8-17)24(22)26(32-25)31-16-20-9-4-5-12-30-20/h1-15H,16H2,(H2,29,34)(H,32,33);1-15H,16H2,(H,31,32)(H,33,34). The van der Waals surface area contributed by atoms with Gasteiger partial charge in [0.2, 0.25) is 5.91 Å². The lowest BCUT2D eigenvalue weighted by atomic mass is 9.94. The molecule has 0 bridgehead atoms. The molecule has 12 nitrogen and oxygen atoms in total. The second-order valence-corrected chi connectivity index (χ2v) is 16.1. The highest BCUT2D eigenvalue weighted by Gasteiger charge is 2.21. The van der Waals surface area contributed by atoms with Crippen LogP contribution in [0.15, 0.2) is 183 Å². The van der Waals surface area contributed by atoms with Crippen LogP contribution < -0.4 is 16.4 Å². The summed E-state index contributed by atoms with van der Waals surface area (Å²) in [6.45, 7) is 0.957. The van der Waals surface area contributed by atoms with Crippen molar-refractivity contribution in [2.24, 2.45) is 5.73 Å². The predicted octanol–water partition coefficient (Wildman–Crippen LogP) is 12.0. The highest BCUT2D eigenvalue weighted by molar-refractivity contribution is 6.35. The highest BCUT2D eigenvalue weighted by atomic mass is 35.5. The van der Waals surface area contributed by atoms with E-state index < -0.39 is 11.9 Å². The lowest BCUT2D eigenvalue weighted by molar-refractivity contribution is 0.0696. The highest BCUT2D eigenvalue weighted by Crippen LogP contribution is 2.43. The Morgan fingerprint density at radius 2 is 0.956 bits per heavy atom. The van der Waals surface area contributed by atoms with Gasteiger partial charge in [-0.05, 0) is 69.4 Å². The topological polar surface area (TPSA) is 182 Å². The smallest absolute Gasteiger partial charge is 0.337 e. The summed E-state index contributed by atoms with van der Waals surface area (Å²) in [6.07, 6.45) is 9.51. The number of carbonyl (C=O) groups excluding carboxylic acids is 1. The quantitative estimate of drug-likeness (QED) is 0.0856. The average Bonchev–Trinajstić information content (AvgIpc) is 3.38. The van der Waals surface area contributed by atoms with Gasteiger partial charge in [0.05, 0.1) is 35.6 Å². The van der Waals surface area contributed by atoms with Crippen LogP contribution in [0.1, 0.15) is 32.1 Å². The molecule has 0 saturated carbocycles. The number of nitrogens with zero attached hydrogens (tertiary/aromatic N) is 6. The first kappa shape index (κ1) is 44.6. The van der Waals surface area contributed by atoms with Gasteiger partial charge in [0.25, 0.3) is 0 Å². The molecule has 4 aromatic carbocycles. The number of primary amides is 1. The van der Waals surface area contributed by atoms with E-state index in [9.17, 15) is 14.7 Å². The summed E-state index contributed by atoms with van der Waals surface area (Å²) in [5.74, 6) is -0.341. The molecule has 0 aliphatic heterocycles. The van der Waals surface area contributed by atoms with Crippen molar-refractivity contribution in [3.63, 3.8) is 0 Å². The maximum atomic E-state index is 11.8. The first-order chi connectivity index (χ1) is 33.2. The summed E-state index contributed by atoms with van der Waals surface area (Å²) in [6, 6.07) is 46.9. The van der Waals surface area contributed by atoms with Crippen LogP contribution in [0.2, 0.25) is 10.3 Å². The molecule has 10 rings (SSSR count). The van der Waals surface area contributed by atoms with Gasteiger partial charge in [-0.3, -0.25) is 24.7 Å². The molecule has 5 N–H and O–H groups in total. The third-order valence-corrected chi connectivity index (χ3v) is 11.6. The Bertz CT molecular complexity index is 3210. The summed E-state index contributed by atoms with van der Waals surface area (Å²) in [4.78, 5) is 49.8. The molecule has 332 valence electrons. The molecule has 0 radical (unpaired) electrons. The van der Waals surface area contributed by atoms with E-state index in [0.29, 0.717) is 57.7 Å². The van der Waals surface area contributed by atoms with Gasteiger partial charge in [-0.15, -0.1) is 0 Å². The van der Waals surface area contributed by atoms with Crippen LogP contribution in [0.3, 0.4) is 0 Å². The normalized spacial score (nSPS) is 10.9. The average molecular weight is 933 g/mol. The van der Waals surface area contributed by atoms with Gasteiger partial charge in [-0.25, -0.2) is 14.8 Å². The van der Waals surface area contributed by atoms with Crippen LogP contribution >= 0.6 is 23.2 Å². The Balaban J connectivity index is 0.000000170. The molecular formula is C54H39Cl2N9O3. The molecule has 6 aromatic heterocycles. The van der Waals surface area contributed by atoms with E-state index in [1.54, 1.807) is 36.9 Å². The van der Waals surface area contributed by atoms with Crippen molar-refractivity contribution < 1.29 is 14.7 Å². The van der Waals surface area contributed by atoms with Crippen molar-refractivity contribution in [3.8, 4) is 44.5 Å². The van der Waals surface area contributed by atoms with Crippen LogP contribution in [0, 0.1) is 0 Å². The first-order valence-corrected chi connectivity index (χ1v) is 22.1. The van der Waals surface area contributed by atoms with Gasteiger partial charge in [-0.1, -0.05) is 132 Å². The molecule has 68 heavy (non-hydrogen) atoms. The number of aromatic nitrogens is 6. The van der Waals surface area contributed by atoms with Crippen molar-refractivity contribution in [2.75, 3.05) is 10.6 Å². The fourth-order valence-electron chi connectivity index (χ4n) is 7.95. The number of fused-ring (bicyclic) bond motifs is 2. The number of anilines is 2. The van der Waals surface area contributed by atoms with Crippen LogP contribution in [0.4, 0.5) is 11.6 Å². The lowest BCUT2D eigenvalue weighted by Gasteiger charge is -2.17. The number of nitrogens with two attached hydrogens (primary N) is 1. The Hall–Kier alpha value is -8.58. The zero-order valence-corrected chi connectivity index (χ0v) is 37.5. The number of carbonyl (C=O) groups is 2. The Labute approximate surface area is 400 Å². The molecule has 6 heterocycles. The van der Waals surface area contributed by atoms with E-state index in [1.807, 2.05) is 115 Å². The van der Waals surface area contributed by atoms with Gasteiger partial charge in [0.1, 0.15) is 21.9 Å². The van der Waals surface area contributed by atoms with E-state index in [-0.39, 0.29) is 10.7 Å². The van der Waals surface area contributed by atoms with Gasteiger partial charge in [0.15, 0.2) is 0 Å². The lowest BCUT2D eigenvalue weighted by Crippen LogP contribution is -2.11. The predicted molar refractivity (Wildman–Crippen MR) is 269 cm³/mol. The number of rotatable bonds is 12. The number of carboxylic acids is 1.